The average molecular weight is 343 g/mol. The van der Waals surface area contributed by atoms with Crippen LogP contribution in [0.3, 0.4) is 0 Å². The topological polar surface area (TPSA) is 81.8 Å². The number of benzene rings is 1. The summed E-state index contributed by atoms with van der Waals surface area (Å²) in [5.74, 6) is -0.634. The molecule has 8 heteroatoms. The zero-order chi connectivity index (χ0) is 13.8. The predicted molar refractivity (Wildman–Crippen MR) is 71.6 cm³/mol. The number of methoxy groups -OCH3 is 1. The van der Waals surface area contributed by atoms with Gasteiger partial charge in [0.15, 0.2) is 11.4 Å². The summed E-state index contributed by atoms with van der Waals surface area (Å²) in [4.78, 5) is 26.7. The van der Waals surface area contributed by atoms with Gasteiger partial charge in [-0.2, -0.15) is 0 Å². The number of carbonyl (C=O) groups is 1. The summed E-state index contributed by atoms with van der Waals surface area (Å²) < 4.78 is 10.3. The Hall–Kier alpha value is -1.67. The molecular formula is C11H7BrN2O4S. The standard InChI is InChI=1S/C11H7BrN2O4S/c1-17-11(15)9-10(13-5-18-9)19-8-3-2-6(12)4-7(8)14-16/h2-5H,1H3. The van der Waals surface area contributed by atoms with E-state index < -0.39 is 5.97 Å². The summed E-state index contributed by atoms with van der Waals surface area (Å²) in [6, 6.07) is 5.03. The van der Waals surface area contributed by atoms with Crippen LogP contribution in [0.5, 0.6) is 0 Å². The van der Waals surface area contributed by atoms with Crippen molar-refractivity contribution in [3.8, 4) is 0 Å². The second kappa shape index (κ2) is 5.98. The molecule has 0 bridgehead atoms. The number of hydrogen-bond donors (Lipinski definition) is 0. The van der Waals surface area contributed by atoms with Crippen LogP contribution < -0.4 is 0 Å². The monoisotopic (exact) mass is 342 g/mol. The number of aromatic nitrogens is 1. The van der Waals surface area contributed by atoms with Gasteiger partial charge in [0, 0.05) is 9.37 Å². The van der Waals surface area contributed by atoms with Gasteiger partial charge in [-0.15, -0.1) is 4.91 Å². The minimum absolute atomic E-state index is 0.00716. The summed E-state index contributed by atoms with van der Waals surface area (Å²) in [7, 11) is 1.25. The minimum Gasteiger partial charge on any atom is -0.463 e. The lowest BCUT2D eigenvalue weighted by molar-refractivity contribution is 0.0559. The van der Waals surface area contributed by atoms with Crippen molar-refractivity contribution in [2.45, 2.75) is 9.92 Å². The number of halogens is 1. The van der Waals surface area contributed by atoms with E-state index in [2.05, 4.69) is 30.8 Å². The van der Waals surface area contributed by atoms with Crippen LogP contribution >= 0.6 is 27.7 Å². The van der Waals surface area contributed by atoms with Crippen molar-refractivity contribution in [3.05, 3.63) is 39.7 Å². The van der Waals surface area contributed by atoms with Crippen LogP contribution in [0.15, 0.2) is 48.6 Å². The molecule has 0 saturated carbocycles. The molecule has 0 aliphatic rings. The zero-order valence-electron chi connectivity index (χ0n) is 9.62. The summed E-state index contributed by atoms with van der Waals surface area (Å²) in [6.45, 7) is 0. The first-order valence-electron chi connectivity index (χ1n) is 4.98. The van der Waals surface area contributed by atoms with E-state index in [0.29, 0.717) is 9.92 Å². The molecule has 0 amide bonds. The Labute approximate surface area is 120 Å². The van der Waals surface area contributed by atoms with E-state index in [1.165, 1.54) is 7.11 Å². The highest BCUT2D eigenvalue weighted by Gasteiger charge is 2.19. The highest BCUT2D eigenvalue weighted by atomic mass is 79.9. The summed E-state index contributed by atoms with van der Waals surface area (Å²) in [5.41, 5.74) is 0.248. The molecule has 0 N–H and O–H groups in total. The molecule has 0 spiro atoms. The molecule has 0 atom stereocenters. The van der Waals surface area contributed by atoms with Crippen LogP contribution in [-0.2, 0) is 4.74 Å². The summed E-state index contributed by atoms with van der Waals surface area (Å²) >= 11 is 4.35. The number of nitrogens with zero attached hydrogens (tertiary/aromatic N) is 2. The second-order valence-corrected chi connectivity index (χ2v) is 5.23. The van der Waals surface area contributed by atoms with Crippen LogP contribution in [0, 0.1) is 4.91 Å². The van der Waals surface area contributed by atoms with Gasteiger partial charge in [-0.1, -0.05) is 27.7 Å². The Kier molecular flexibility index (Phi) is 4.33. The first-order valence-corrected chi connectivity index (χ1v) is 6.59. The minimum atomic E-state index is -0.627. The van der Waals surface area contributed by atoms with E-state index in [1.807, 2.05) is 0 Å². The normalized spacial score (nSPS) is 10.2. The Morgan fingerprint density at radius 2 is 2.32 bits per heavy atom. The molecule has 0 fully saturated rings. The van der Waals surface area contributed by atoms with Crippen molar-refractivity contribution in [2.75, 3.05) is 7.11 Å². The predicted octanol–water partition coefficient (Wildman–Crippen LogP) is 3.77. The van der Waals surface area contributed by atoms with Gasteiger partial charge < -0.3 is 9.15 Å². The maximum atomic E-state index is 11.4. The number of oxazole rings is 1. The van der Waals surface area contributed by atoms with Crippen LogP contribution in [0.25, 0.3) is 0 Å². The van der Waals surface area contributed by atoms with Gasteiger partial charge in [-0.3, -0.25) is 0 Å². The van der Waals surface area contributed by atoms with Gasteiger partial charge in [0.25, 0.3) is 0 Å². The molecule has 98 valence electrons. The number of rotatable bonds is 4. The number of carbonyl (C=O) groups excluding carboxylic acids is 1. The van der Waals surface area contributed by atoms with Crippen LogP contribution in [0.4, 0.5) is 5.69 Å². The van der Waals surface area contributed by atoms with Gasteiger partial charge >= 0.3 is 5.97 Å². The maximum absolute atomic E-state index is 11.4. The lowest BCUT2D eigenvalue weighted by atomic mass is 10.3. The van der Waals surface area contributed by atoms with E-state index in [4.69, 9.17) is 4.42 Å². The lowest BCUT2D eigenvalue weighted by Gasteiger charge is -2.02. The molecule has 0 aliphatic carbocycles. The molecular weight excluding hydrogens is 336 g/mol. The summed E-state index contributed by atoms with van der Waals surface area (Å²) in [6.07, 6.45) is 1.14. The van der Waals surface area contributed by atoms with Crippen molar-refractivity contribution >= 4 is 39.3 Å². The fourth-order valence-electron chi connectivity index (χ4n) is 1.29. The molecule has 1 aromatic carbocycles. The zero-order valence-corrected chi connectivity index (χ0v) is 12.0. The first-order chi connectivity index (χ1) is 9.15. The molecule has 2 rings (SSSR count). The third-order valence-corrected chi connectivity index (χ3v) is 3.67. The fraction of sp³-hybridized carbons (Fsp3) is 0.0909. The molecule has 6 nitrogen and oxygen atoms in total. The van der Waals surface area contributed by atoms with E-state index in [1.54, 1.807) is 18.2 Å². The van der Waals surface area contributed by atoms with E-state index in [9.17, 15) is 9.70 Å². The van der Waals surface area contributed by atoms with Crippen molar-refractivity contribution in [2.24, 2.45) is 5.18 Å². The highest BCUT2D eigenvalue weighted by molar-refractivity contribution is 9.10. The van der Waals surface area contributed by atoms with E-state index >= 15 is 0 Å². The third kappa shape index (κ3) is 3.02. The van der Waals surface area contributed by atoms with Gasteiger partial charge in [0.1, 0.15) is 5.69 Å². The van der Waals surface area contributed by atoms with Gasteiger partial charge in [0.2, 0.25) is 5.76 Å². The van der Waals surface area contributed by atoms with Gasteiger partial charge in [-0.05, 0) is 23.4 Å². The third-order valence-electron chi connectivity index (χ3n) is 2.13. The highest BCUT2D eigenvalue weighted by Crippen LogP contribution is 2.37. The lowest BCUT2D eigenvalue weighted by Crippen LogP contribution is -2.00. The number of hydrogen-bond acceptors (Lipinski definition) is 7. The Morgan fingerprint density at radius 3 is 3.00 bits per heavy atom. The number of nitroso groups, excluding NO2 is 1. The van der Waals surface area contributed by atoms with Crippen molar-refractivity contribution < 1.29 is 13.9 Å². The van der Waals surface area contributed by atoms with Crippen molar-refractivity contribution in [1.82, 2.24) is 4.98 Å². The molecule has 0 radical (unpaired) electrons. The van der Waals surface area contributed by atoms with Crippen LogP contribution in [0.1, 0.15) is 10.6 Å². The molecule has 0 aliphatic heterocycles. The van der Waals surface area contributed by atoms with Gasteiger partial charge in [-0.25, -0.2) is 9.78 Å². The Balaban J connectivity index is 2.34. The van der Waals surface area contributed by atoms with Gasteiger partial charge in [0.05, 0.1) is 7.11 Å². The molecule has 1 aromatic heterocycles. The SMILES string of the molecule is COC(=O)c1ocnc1Sc1ccc(Br)cc1N=O. The maximum Gasteiger partial charge on any atom is 0.376 e. The largest absolute Gasteiger partial charge is 0.463 e. The average Bonchev–Trinajstić information content (AvgIpc) is 2.88. The fourth-order valence-corrected chi connectivity index (χ4v) is 2.50. The Morgan fingerprint density at radius 1 is 1.53 bits per heavy atom. The number of esters is 1. The Bertz CT molecular complexity index is 629. The van der Waals surface area contributed by atoms with E-state index in [0.717, 1.165) is 22.6 Å². The molecule has 2 aromatic rings. The quantitative estimate of drug-likeness (QED) is 0.621. The molecule has 1 heterocycles. The van der Waals surface area contributed by atoms with Crippen molar-refractivity contribution in [3.63, 3.8) is 0 Å². The van der Waals surface area contributed by atoms with Crippen molar-refractivity contribution in [1.29, 1.82) is 0 Å². The number of ether oxygens (including phenoxy) is 1. The van der Waals surface area contributed by atoms with E-state index in [-0.39, 0.29) is 11.4 Å². The van der Waals surface area contributed by atoms with Crippen LogP contribution in [0.2, 0.25) is 0 Å². The second-order valence-electron chi connectivity index (χ2n) is 3.28. The summed E-state index contributed by atoms with van der Waals surface area (Å²) in [5, 5.41) is 3.25. The first kappa shape index (κ1) is 13.8. The molecule has 19 heavy (non-hydrogen) atoms. The van der Waals surface area contributed by atoms with Crippen LogP contribution in [-0.4, -0.2) is 18.1 Å². The smallest absolute Gasteiger partial charge is 0.376 e. The molecule has 0 saturated heterocycles. The molecule has 0 unspecified atom stereocenters.